The smallest absolute Gasteiger partial charge is 0.357 e. The molecule has 0 saturated carbocycles. The van der Waals surface area contributed by atoms with Crippen molar-refractivity contribution in [3.63, 3.8) is 0 Å². The minimum Gasteiger partial charge on any atom is -0.462 e. The molecule has 1 aromatic rings. The van der Waals surface area contributed by atoms with E-state index in [-0.39, 0.29) is 24.5 Å². The summed E-state index contributed by atoms with van der Waals surface area (Å²) in [5.74, 6) is -1.35. The fraction of sp³-hybridized carbons (Fsp3) is 0.500. The third kappa shape index (κ3) is 3.54. The van der Waals surface area contributed by atoms with E-state index in [1.54, 1.807) is 27.7 Å². The third-order valence-electron chi connectivity index (χ3n) is 2.67. The normalized spacial score (nSPS) is 11.8. The number of hydrogen-bond donors (Lipinski definition) is 1. The fourth-order valence-corrected chi connectivity index (χ4v) is 1.76. The van der Waals surface area contributed by atoms with Gasteiger partial charge in [0, 0.05) is 11.3 Å². The zero-order valence-corrected chi connectivity index (χ0v) is 12.1. The monoisotopic (exact) mass is 281 g/mol. The van der Waals surface area contributed by atoms with Crippen LogP contribution in [0, 0.1) is 6.92 Å². The Morgan fingerprint density at radius 2 is 1.80 bits per heavy atom. The second-order valence-electron chi connectivity index (χ2n) is 4.18. The summed E-state index contributed by atoms with van der Waals surface area (Å²) >= 11 is 0. The van der Waals surface area contributed by atoms with Gasteiger partial charge in [-0.1, -0.05) is 0 Å². The first-order valence-electron chi connectivity index (χ1n) is 6.46. The highest BCUT2D eigenvalue weighted by Gasteiger charge is 2.24. The molecule has 1 aromatic heterocycles. The summed E-state index contributed by atoms with van der Waals surface area (Å²) in [7, 11) is 0. The first-order valence-corrected chi connectivity index (χ1v) is 6.46. The Hall–Kier alpha value is -1.95. The zero-order valence-electron chi connectivity index (χ0n) is 12.1. The molecule has 0 spiro atoms. The molecule has 6 heteroatoms. The average molecular weight is 281 g/mol. The zero-order chi connectivity index (χ0) is 15.3. The molecule has 0 radical (unpaired) electrons. The molecule has 20 heavy (non-hydrogen) atoms. The maximum Gasteiger partial charge on any atom is 0.357 e. The highest BCUT2D eigenvalue weighted by molar-refractivity contribution is 6.02. The number of hydrogen-bond acceptors (Lipinski definition) is 6. The largest absolute Gasteiger partial charge is 0.462 e. The maximum atomic E-state index is 11.9. The number of ether oxygens (including phenoxy) is 2. The summed E-state index contributed by atoms with van der Waals surface area (Å²) in [6, 6.07) is 1.43. The van der Waals surface area contributed by atoms with E-state index in [0.29, 0.717) is 11.3 Å². The van der Waals surface area contributed by atoms with Crippen molar-refractivity contribution in [3.8, 4) is 0 Å². The van der Waals surface area contributed by atoms with Crippen LogP contribution in [0.1, 0.15) is 59.0 Å². The van der Waals surface area contributed by atoms with Crippen LogP contribution in [0.3, 0.4) is 0 Å². The van der Waals surface area contributed by atoms with Crippen molar-refractivity contribution in [2.75, 3.05) is 13.2 Å². The second kappa shape index (κ2) is 7.00. The lowest BCUT2D eigenvalue weighted by atomic mass is 10.0. The molecule has 0 bridgehead atoms. The van der Waals surface area contributed by atoms with Crippen molar-refractivity contribution in [1.82, 2.24) is 4.98 Å². The highest BCUT2D eigenvalue weighted by Crippen LogP contribution is 2.21. The van der Waals surface area contributed by atoms with E-state index in [1.807, 2.05) is 0 Å². The number of pyridine rings is 1. The van der Waals surface area contributed by atoms with E-state index in [2.05, 4.69) is 4.98 Å². The van der Waals surface area contributed by atoms with Gasteiger partial charge in [0.2, 0.25) is 0 Å². The summed E-state index contributed by atoms with van der Waals surface area (Å²) in [6.45, 7) is 6.90. The SMILES string of the molecule is CCOC(=O)c1cc(C(C)O)c(C)nc1C(=O)OCC. The summed E-state index contributed by atoms with van der Waals surface area (Å²) in [5, 5.41) is 9.67. The van der Waals surface area contributed by atoms with Gasteiger partial charge in [0.1, 0.15) is 0 Å². The van der Waals surface area contributed by atoms with E-state index in [9.17, 15) is 14.7 Å². The molecule has 1 rings (SSSR count). The van der Waals surface area contributed by atoms with E-state index in [1.165, 1.54) is 6.07 Å². The van der Waals surface area contributed by atoms with E-state index in [0.717, 1.165) is 0 Å². The number of aryl methyl sites for hydroxylation is 1. The van der Waals surface area contributed by atoms with Gasteiger partial charge in [0.15, 0.2) is 5.69 Å². The third-order valence-corrected chi connectivity index (χ3v) is 2.67. The molecular weight excluding hydrogens is 262 g/mol. The number of aromatic nitrogens is 1. The van der Waals surface area contributed by atoms with Crippen LogP contribution in [-0.4, -0.2) is 35.2 Å². The predicted molar refractivity (Wildman–Crippen MR) is 71.5 cm³/mol. The van der Waals surface area contributed by atoms with Crippen molar-refractivity contribution in [2.24, 2.45) is 0 Å². The summed E-state index contributed by atoms with van der Waals surface area (Å²) in [5.41, 5.74) is 0.858. The van der Waals surface area contributed by atoms with Crippen molar-refractivity contribution < 1.29 is 24.2 Å². The summed E-state index contributed by atoms with van der Waals surface area (Å²) < 4.78 is 9.78. The van der Waals surface area contributed by atoms with Crippen LogP contribution >= 0.6 is 0 Å². The molecule has 1 N–H and O–H groups in total. The Morgan fingerprint density at radius 1 is 1.25 bits per heavy atom. The molecule has 0 aliphatic heterocycles. The van der Waals surface area contributed by atoms with E-state index < -0.39 is 18.0 Å². The summed E-state index contributed by atoms with van der Waals surface area (Å²) in [6.07, 6.45) is -0.799. The molecule has 0 aliphatic rings. The topological polar surface area (TPSA) is 85.7 Å². The van der Waals surface area contributed by atoms with Gasteiger partial charge < -0.3 is 14.6 Å². The number of aliphatic hydroxyl groups excluding tert-OH is 1. The first kappa shape index (κ1) is 16.1. The van der Waals surface area contributed by atoms with Crippen LogP contribution in [-0.2, 0) is 9.47 Å². The number of esters is 2. The Labute approximate surface area is 117 Å². The van der Waals surface area contributed by atoms with Crippen LogP contribution in [0.25, 0.3) is 0 Å². The number of carbonyl (C=O) groups excluding carboxylic acids is 2. The van der Waals surface area contributed by atoms with Crippen molar-refractivity contribution >= 4 is 11.9 Å². The maximum absolute atomic E-state index is 11.9. The molecule has 0 saturated heterocycles. The molecule has 6 nitrogen and oxygen atoms in total. The predicted octanol–water partition coefficient (Wildman–Crippen LogP) is 1.80. The lowest BCUT2D eigenvalue weighted by Crippen LogP contribution is -2.18. The van der Waals surface area contributed by atoms with Gasteiger partial charge in [-0.05, 0) is 33.8 Å². The minimum atomic E-state index is -0.799. The van der Waals surface area contributed by atoms with Crippen LogP contribution in [0.15, 0.2) is 6.07 Å². The van der Waals surface area contributed by atoms with Crippen LogP contribution in [0.5, 0.6) is 0 Å². The van der Waals surface area contributed by atoms with Gasteiger partial charge in [-0.2, -0.15) is 0 Å². The van der Waals surface area contributed by atoms with Gasteiger partial charge in [0.25, 0.3) is 0 Å². The second-order valence-corrected chi connectivity index (χ2v) is 4.18. The Balaban J connectivity index is 3.37. The van der Waals surface area contributed by atoms with Gasteiger partial charge in [-0.3, -0.25) is 0 Å². The standard InChI is InChI=1S/C14H19NO5/c1-5-19-13(17)11-7-10(9(4)16)8(3)15-12(11)14(18)20-6-2/h7,9,16H,5-6H2,1-4H3. The molecule has 0 fully saturated rings. The molecule has 0 aliphatic carbocycles. The Bertz CT molecular complexity index is 511. The van der Waals surface area contributed by atoms with Gasteiger partial charge in [0.05, 0.1) is 24.9 Å². The molecular formula is C14H19NO5. The van der Waals surface area contributed by atoms with Crippen molar-refractivity contribution in [1.29, 1.82) is 0 Å². The van der Waals surface area contributed by atoms with E-state index >= 15 is 0 Å². The Morgan fingerprint density at radius 3 is 2.30 bits per heavy atom. The number of aliphatic hydroxyl groups is 1. The minimum absolute atomic E-state index is 0.00630. The number of rotatable bonds is 5. The van der Waals surface area contributed by atoms with Gasteiger partial charge in [-0.15, -0.1) is 0 Å². The number of nitrogens with zero attached hydrogens (tertiary/aromatic N) is 1. The van der Waals surface area contributed by atoms with Crippen LogP contribution in [0.2, 0.25) is 0 Å². The number of carbonyl (C=O) groups is 2. The van der Waals surface area contributed by atoms with Crippen LogP contribution in [0.4, 0.5) is 0 Å². The lowest BCUT2D eigenvalue weighted by Gasteiger charge is -2.13. The molecule has 1 heterocycles. The quantitative estimate of drug-likeness (QED) is 0.828. The molecule has 1 atom stereocenters. The van der Waals surface area contributed by atoms with Gasteiger partial charge >= 0.3 is 11.9 Å². The molecule has 1 unspecified atom stereocenters. The molecule has 0 aromatic carbocycles. The average Bonchev–Trinajstić information content (AvgIpc) is 2.38. The Kier molecular flexibility index (Phi) is 5.64. The molecule has 0 amide bonds. The highest BCUT2D eigenvalue weighted by atomic mass is 16.5. The lowest BCUT2D eigenvalue weighted by molar-refractivity contribution is 0.0472. The van der Waals surface area contributed by atoms with Gasteiger partial charge in [-0.25, -0.2) is 14.6 Å². The van der Waals surface area contributed by atoms with Crippen LogP contribution < -0.4 is 0 Å². The molecule has 110 valence electrons. The summed E-state index contributed by atoms with van der Waals surface area (Å²) in [4.78, 5) is 27.8. The van der Waals surface area contributed by atoms with Crippen molar-refractivity contribution in [3.05, 3.63) is 28.6 Å². The van der Waals surface area contributed by atoms with Crippen molar-refractivity contribution in [2.45, 2.75) is 33.8 Å². The first-order chi connectivity index (χ1) is 9.42. The fourth-order valence-electron chi connectivity index (χ4n) is 1.76. The van der Waals surface area contributed by atoms with E-state index in [4.69, 9.17) is 9.47 Å².